The van der Waals surface area contributed by atoms with Crippen molar-refractivity contribution in [2.45, 2.75) is 101 Å². The second-order valence-electron chi connectivity index (χ2n) is 20.2. The molecule has 4 aliphatic rings. The Bertz CT molecular complexity index is 3250. The van der Waals surface area contributed by atoms with E-state index in [0.29, 0.717) is 72.0 Å². The minimum Gasteiger partial charge on any atom is -0.376 e. The number of carbonyl (C=O) groups is 1. The summed E-state index contributed by atoms with van der Waals surface area (Å²) >= 11 is 0. The van der Waals surface area contributed by atoms with Crippen LogP contribution in [0.1, 0.15) is 122 Å². The Hall–Kier alpha value is -6.05. The fourth-order valence-corrected chi connectivity index (χ4v) is 12.1. The molecule has 6 heterocycles. The third-order valence-corrected chi connectivity index (χ3v) is 15.6. The highest BCUT2D eigenvalue weighted by Gasteiger charge is 2.59. The van der Waals surface area contributed by atoms with Crippen molar-refractivity contribution in [3.63, 3.8) is 0 Å². The van der Waals surface area contributed by atoms with Crippen LogP contribution in [-0.4, -0.2) is 76.5 Å². The van der Waals surface area contributed by atoms with E-state index in [1.54, 1.807) is 45.6 Å². The zero-order valence-electron chi connectivity index (χ0n) is 38.1. The SMILES string of the molecule is C[C@H]1c2c(nn(-c3ccc(F)c(C4CC4)c3)c2-n2ccn(-c3ccc(CP(C)(C)=O)cc3)c2=O)CCN1C(=O)c1cc2cc(C3CCOC(C)(C)C3)ccc2n1[C@@]1(c2noc(=O)[nH]2)C[C@@H]1C. The number of amides is 1. The molecule has 1 saturated heterocycles. The first-order valence-corrected chi connectivity index (χ1v) is 25.8. The highest BCUT2D eigenvalue weighted by Crippen LogP contribution is 2.56. The lowest BCUT2D eigenvalue weighted by molar-refractivity contribution is -0.0592. The van der Waals surface area contributed by atoms with Gasteiger partial charge in [-0.3, -0.25) is 23.4 Å². The number of ether oxygens (including phenoxy) is 1. The Kier molecular flexibility index (Phi) is 9.84. The molecule has 2 saturated carbocycles. The van der Waals surface area contributed by atoms with Gasteiger partial charge in [0.1, 0.15) is 22.9 Å². The number of fused-ring (bicyclic) bond motifs is 2. The van der Waals surface area contributed by atoms with Crippen molar-refractivity contribution in [3.8, 4) is 17.2 Å². The van der Waals surface area contributed by atoms with Gasteiger partial charge in [0.15, 0.2) is 5.82 Å². The van der Waals surface area contributed by atoms with Crippen LogP contribution in [0.2, 0.25) is 0 Å². The molecule has 7 aromatic rings. The molecule has 0 spiro atoms. The minimum absolute atomic E-state index is 0.0231. The van der Waals surface area contributed by atoms with Crippen molar-refractivity contribution < 1.29 is 23.0 Å². The molecule has 4 aromatic heterocycles. The molecule has 0 bridgehead atoms. The third kappa shape index (κ3) is 7.17. The second-order valence-corrected chi connectivity index (χ2v) is 23.6. The summed E-state index contributed by atoms with van der Waals surface area (Å²) in [7, 11) is -2.31. The van der Waals surface area contributed by atoms with E-state index in [1.165, 1.54) is 11.6 Å². The van der Waals surface area contributed by atoms with E-state index in [0.717, 1.165) is 47.8 Å². The fraction of sp³-hybridized carbons (Fsp3) is 0.420. The van der Waals surface area contributed by atoms with Crippen molar-refractivity contribution in [3.05, 3.63) is 145 Å². The highest BCUT2D eigenvalue weighted by molar-refractivity contribution is 7.61. The Morgan fingerprint density at radius 3 is 2.35 bits per heavy atom. The molecule has 2 aliphatic heterocycles. The molecule has 1 unspecified atom stereocenters. The molecule has 2 aliphatic carbocycles. The number of halogens is 1. The lowest BCUT2D eigenvalue weighted by Crippen LogP contribution is -2.41. The molecule has 4 atom stereocenters. The van der Waals surface area contributed by atoms with Crippen LogP contribution in [-0.2, 0) is 27.4 Å². The molecule has 14 nitrogen and oxygen atoms in total. The van der Waals surface area contributed by atoms with Crippen molar-refractivity contribution in [1.82, 2.24) is 38.5 Å². The van der Waals surface area contributed by atoms with Crippen LogP contribution in [0.4, 0.5) is 4.39 Å². The quantitative estimate of drug-likeness (QED) is 0.134. The van der Waals surface area contributed by atoms with Gasteiger partial charge in [-0.15, -0.1) is 0 Å². The van der Waals surface area contributed by atoms with E-state index in [2.05, 4.69) is 53.7 Å². The van der Waals surface area contributed by atoms with Crippen molar-refractivity contribution in [1.29, 1.82) is 0 Å². The summed E-state index contributed by atoms with van der Waals surface area (Å²) < 4.78 is 45.9. The average Bonchev–Trinajstić information content (AvgIpc) is 3.98. The number of H-pyrrole nitrogens is 1. The molecule has 16 heteroatoms. The van der Waals surface area contributed by atoms with Crippen molar-refractivity contribution >= 4 is 24.0 Å². The van der Waals surface area contributed by atoms with E-state index >= 15 is 9.18 Å². The normalized spacial score (nSPS) is 22.8. The molecule has 0 radical (unpaired) electrons. The van der Waals surface area contributed by atoms with Gasteiger partial charge in [0.25, 0.3) is 5.91 Å². The maximum Gasteiger partial charge on any atom is 0.438 e. The van der Waals surface area contributed by atoms with Gasteiger partial charge in [0.05, 0.1) is 35.9 Å². The Balaban J connectivity index is 1.03. The maximum atomic E-state index is 15.6. The van der Waals surface area contributed by atoms with Crippen LogP contribution in [0, 0.1) is 11.7 Å². The van der Waals surface area contributed by atoms with Gasteiger partial charge < -0.3 is 18.8 Å². The monoisotopic (exact) mass is 912 g/mol. The zero-order chi connectivity index (χ0) is 46.0. The van der Waals surface area contributed by atoms with Crippen molar-refractivity contribution in [2.24, 2.45) is 5.92 Å². The number of imidazole rings is 1. The summed E-state index contributed by atoms with van der Waals surface area (Å²) in [4.78, 5) is 47.4. The summed E-state index contributed by atoms with van der Waals surface area (Å²) in [6, 6.07) is 20.3. The van der Waals surface area contributed by atoms with Gasteiger partial charge in [0, 0.05) is 54.6 Å². The Morgan fingerprint density at radius 1 is 0.924 bits per heavy atom. The standard InChI is InChI=1S/C50H54FN8O6P/c1-29-26-50(29,46-52-47(61)65-54-46)58-41-16-11-33(34-18-22-64-49(3,4)27-34)23-35(41)24-42(58)45(60)55-19-17-40-43(30(55)2)44(59(53-40)37-14-15-39(51)38(25-37)32-9-10-32)57-21-20-56(48(57)62)36-12-7-31(8-13-36)28-66(5,6)63/h7-8,11-16,20-21,23-25,29-30,32,34H,9-10,17-19,22,26-28H2,1-6H3,(H,52,54,61)/t29-,30-,34?,50-/m0/s1. The Morgan fingerprint density at radius 2 is 1.67 bits per heavy atom. The minimum atomic E-state index is -2.31. The summed E-state index contributed by atoms with van der Waals surface area (Å²) in [5, 5.41) is 10.3. The number of rotatable bonds is 10. The van der Waals surface area contributed by atoms with Gasteiger partial charge in [0.2, 0.25) is 0 Å². The lowest BCUT2D eigenvalue weighted by Gasteiger charge is -2.35. The van der Waals surface area contributed by atoms with Gasteiger partial charge in [-0.05, 0) is 149 Å². The summed E-state index contributed by atoms with van der Waals surface area (Å²) in [5.41, 5.74) is 5.32. The van der Waals surface area contributed by atoms with Crippen LogP contribution >= 0.6 is 7.14 Å². The first kappa shape index (κ1) is 42.6. The molecular weight excluding hydrogens is 859 g/mol. The number of aromatic nitrogens is 7. The molecule has 1 N–H and O–H groups in total. The molecule has 3 aromatic carbocycles. The molecular formula is C50H54FN8O6P. The number of benzene rings is 3. The topological polar surface area (TPSA) is 155 Å². The van der Waals surface area contributed by atoms with Gasteiger partial charge in [-0.2, -0.15) is 5.10 Å². The molecule has 3 fully saturated rings. The van der Waals surface area contributed by atoms with Crippen LogP contribution in [0.5, 0.6) is 0 Å². The number of hydrogen-bond donors (Lipinski definition) is 1. The molecule has 342 valence electrons. The molecule has 11 rings (SSSR count). The predicted octanol–water partition coefficient (Wildman–Crippen LogP) is 8.80. The average molecular weight is 913 g/mol. The predicted molar refractivity (Wildman–Crippen MR) is 249 cm³/mol. The van der Waals surface area contributed by atoms with Gasteiger partial charge in [-0.1, -0.05) is 30.3 Å². The summed E-state index contributed by atoms with van der Waals surface area (Å²) in [6.07, 6.45) is 8.49. The third-order valence-electron chi connectivity index (χ3n) is 14.5. The number of aromatic amines is 1. The first-order chi connectivity index (χ1) is 31.5. The number of hydrogen-bond acceptors (Lipinski definition) is 8. The van der Waals surface area contributed by atoms with Crippen LogP contribution in [0.15, 0.2) is 93.2 Å². The van der Waals surface area contributed by atoms with Crippen molar-refractivity contribution in [2.75, 3.05) is 26.5 Å². The summed E-state index contributed by atoms with van der Waals surface area (Å²) in [5.74, 6) is 0.143. The number of nitrogens with one attached hydrogen (secondary N) is 1. The maximum absolute atomic E-state index is 15.6. The van der Waals surface area contributed by atoms with Gasteiger partial charge in [-0.25, -0.2) is 18.7 Å². The molecule has 1 amide bonds. The second kappa shape index (κ2) is 15.2. The van der Waals surface area contributed by atoms with E-state index in [4.69, 9.17) is 14.4 Å². The largest absolute Gasteiger partial charge is 0.438 e. The van der Waals surface area contributed by atoms with Crippen LogP contribution < -0.4 is 11.4 Å². The lowest BCUT2D eigenvalue weighted by atomic mass is 9.83. The number of carbonyl (C=O) groups excluding carboxylic acids is 1. The van der Waals surface area contributed by atoms with E-state index in [-0.39, 0.29) is 40.8 Å². The zero-order valence-corrected chi connectivity index (χ0v) is 39.0. The number of nitrogens with zero attached hydrogens (tertiary/aromatic N) is 7. The Labute approximate surface area is 380 Å². The van der Waals surface area contributed by atoms with E-state index in [9.17, 15) is 14.2 Å². The fourth-order valence-electron chi connectivity index (χ4n) is 11.0. The van der Waals surface area contributed by atoms with Crippen LogP contribution in [0.3, 0.4) is 0 Å². The first-order valence-electron chi connectivity index (χ1n) is 23.0. The van der Waals surface area contributed by atoms with Crippen LogP contribution in [0.25, 0.3) is 28.1 Å². The summed E-state index contributed by atoms with van der Waals surface area (Å²) in [6.45, 7) is 12.8. The smallest absolute Gasteiger partial charge is 0.376 e. The van der Waals surface area contributed by atoms with E-state index < -0.39 is 24.5 Å². The van der Waals surface area contributed by atoms with E-state index in [1.807, 2.05) is 48.2 Å². The molecule has 66 heavy (non-hydrogen) atoms. The highest BCUT2D eigenvalue weighted by atomic mass is 31.2. The van der Waals surface area contributed by atoms with Gasteiger partial charge >= 0.3 is 11.4 Å².